The Morgan fingerprint density at radius 3 is 2.63 bits per heavy atom. The van der Waals surface area contributed by atoms with E-state index in [4.69, 9.17) is 5.73 Å². The van der Waals surface area contributed by atoms with Gasteiger partial charge in [0.1, 0.15) is 5.82 Å². The van der Waals surface area contributed by atoms with Gasteiger partial charge in [-0.1, -0.05) is 6.07 Å². The average Bonchev–Trinajstić information content (AvgIpc) is 2.81. The molecule has 0 unspecified atom stereocenters. The van der Waals surface area contributed by atoms with E-state index in [-0.39, 0.29) is 11.7 Å². The lowest BCUT2D eigenvalue weighted by atomic mass is 10.1. The standard InChI is InChI=1S/C15H13FN2O/c16-12-4-1-10-7-8-18(14(10)9-12)15(19)11-2-5-13(17)6-3-11/h1-6,9H,7-8,17H2. The molecule has 0 radical (unpaired) electrons. The van der Waals surface area contributed by atoms with Crippen LogP contribution in [-0.2, 0) is 6.42 Å². The highest BCUT2D eigenvalue weighted by Crippen LogP contribution is 2.30. The van der Waals surface area contributed by atoms with Gasteiger partial charge < -0.3 is 10.6 Å². The largest absolute Gasteiger partial charge is 0.399 e. The molecular weight excluding hydrogens is 243 g/mol. The normalized spacial score (nSPS) is 13.4. The molecule has 1 aliphatic rings. The summed E-state index contributed by atoms with van der Waals surface area (Å²) >= 11 is 0. The molecule has 96 valence electrons. The summed E-state index contributed by atoms with van der Waals surface area (Å²) in [6.07, 6.45) is 0.760. The van der Waals surface area contributed by atoms with Crippen molar-refractivity contribution in [1.29, 1.82) is 0 Å². The van der Waals surface area contributed by atoms with Gasteiger partial charge in [0.25, 0.3) is 5.91 Å². The van der Waals surface area contributed by atoms with Crippen molar-refractivity contribution in [3.05, 3.63) is 59.4 Å². The molecule has 2 aromatic rings. The number of carbonyl (C=O) groups is 1. The molecule has 2 aromatic carbocycles. The highest BCUT2D eigenvalue weighted by molar-refractivity contribution is 6.07. The summed E-state index contributed by atoms with van der Waals surface area (Å²) in [6, 6.07) is 11.3. The third-order valence-electron chi connectivity index (χ3n) is 3.35. The lowest BCUT2D eigenvalue weighted by molar-refractivity contribution is 0.0989. The van der Waals surface area contributed by atoms with Crippen molar-refractivity contribution >= 4 is 17.3 Å². The van der Waals surface area contributed by atoms with Crippen LogP contribution in [0.25, 0.3) is 0 Å². The Morgan fingerprint density at radius 1 is 1.16 bits per heavy atom. The van der Waals surface area contributed by atoms with Crippen molar-refractivity contribution in [2.45, 2.75) is 6.42 Å². The summed E-state index contributed by atoms with van der Waals surface area (Å²) in [7, 11) is 0. The van der Waals surface area contributed by atoms with E-state index in [0.717, 1.165) is 12.0 Å². The van der Waals surface area contributed by atoms with Crippen LogP contribution in [0.1, 0.15) is 15.9 Å². The van der Waals surface area contributed by atoms with Crippen LogP contribution in [0.15, 0.2) is 42.5 Å². The third kappa shape index (κ3) is 2.05. The van der Waals surface area contributed by atoms with Gasteiger partial charge in [0.15, 0.2) is 0 Å². The fourth-order valence-corrected chi connectivity index (χ4v) is 2.34. The van der Waals surface area contributed by atoms with Gasteiger partial charge in [-0.05, 0) is 48.4 Å². The molecule has 0 saturated carbocycles. The van der Waals surface area contributed by atoms with E-state index in [1.54, 1.807) is 35.2 Å². The smallest absolute Gasteiger partial charge is 0.258 e. The van der Waals surface area contributed by atoms with Crippen LogP contribution in [0.4, 0.5) is 15.8 Å². The lowest BCUT2D eigenvalue weighted by Crippen LogP contribution is -2.28. The maximum atomic E-state index is 13.3. The summed E-state index contributed by atoms with van der Waals surface area (Å²) < 4.78 is 13.3. The lowest BCUT2D eigenvalue weighted by Gasteiger charge is -2.17. The average molecular weight is 256 g/mol. The van der Waals surface area contributed by atoms with Crippen LogP contribution in [0.5, 0.6) is 0 Å². The maximum absolute atomic E-state index is 13.3. The predicted octanol–water partition coefficient (Wildman–Crippen LogP) is 2.61. The number of benzene rings is 2. The molecule has 0 bridgehead atoms. The number of hydrogen-bond donors (Lipinski definition) is 1. The Kier molecular flexibility index (Phi) is 2.71. The Morgan fingerprint density at radius 2 is 1.89 bits per heavy atom. The van der Waals surface area contributed by atoms with E-state index in [9.17, 15) is 9.18 Å². The number of fused-ring (bicyclic) bond motifs is 1. The molecule has 0 saturated heterocycles. The zero-order chi connectivity index (χ0) is 13.4. The molecule has 3 rings (SSSR count). The minimum absolute atomic E-state index is 0.121. The molecule has 1 heterocycles. The molecule has 1 aliphatic heterocycles. The number of carbonyl (C=O) groups excluding carboxylic acids is 1. The Bertz CT molecular complexity index is 637. The van der Waals surface area contributed by atoms with E-state index in [2.05, 4.69) is 0 Å². The summed E-state index contributed by atoms with van der Waals surface area (Å²) in [5, 5.41) is 0. The first kappa shape index (κ1) is 11.7. The van der Waals surface area contributed by atoms with Gasteiger partial charge in [-0.3, -0.25) is 4.79 Å². The number of nitrogens with two attached hydrogens (primary N) is 1. The van der Waals surface area contributed by atoms with Gasteiger partial charge >= 0.3 is 0 Å². The second-order valence-electron chi connectivity index (χ2n) is 4.60. The van der Waals surface area contributed by atoms with Gasteiger partial charge in [0.2, 0.25) is 0 Å². The Balaban J connectivity index is 1.95. The van der Waals surface area contributed by atoms with E-state index < -0.39 is 0 Å². The van der Waals surface area contributed by atoms with E-state index in [1.807, 2.05) is 0 Å². The number of nitrogen functional groups attached to an aromatic ring is 1. The summed E-state index contributed by atoms with van der Waals surface area (Å²) in [4.78, 5) is 14.0. The van der Waals surface area contributed by atoms with Crippen molar-refractivity contribution in [2.75, 3.05) is 17.2 Å². The first-order valence-corrected chi connectivity index (χ1v) is 6.11. The zero-order valence-electron chi connectivity index (χ0n) is 10.3. The minimum Gasteiger partial charge on any atom is -0.399 e. The van der Waals surface area contributed by atoms with E-state index in [0.29, 0.717) is 23.5 Å². The number of halogens is 1. The number of hydrogen-bond acceptors (Lipinski definition) is 2. The quantitative estimate of drug-likeness (QED) is 0.797. The fraction of sp³-hybridized carbons (Fsp3) is 0.133. The predicted molar refractivity (Wildman–Crippen MR) is 72.6 cm³/mol. The summed E-state index contributed by atoms with van der Waals surface area (Å²) in [5.74, 6) is -0.444. The highest BCUT2D eigenvalue weighted by atomic mass is 19.1. The summed E-state index contributed by atoms with van der Waals surface area (Å²) in [5.41, 5.74) is 8.45. The summed E-state index contributed by atoms with van der Waals surface area (Å²) in [6.45, 7) is 0.585. The van der Waals surface area contributed by atoms with Gasteiger partial charge in [-0.25, -0.2) is 4.39 Å². The van der Waals surface area contributed by atoms with Crippen LogP contribution >= 0.6 is 0 Å². The SMILES string of the molecule is Nc1ccc(C(=O)N2CCc3ccc(F)cc32)cc1. The topological polar surface area (TPSA) is 46.3 Å². The molecule has 3 nitrogen and oxygen atoms in total. The molecule has 0 aromatic heterocycles. The van der Waals surface area contributed by atoms with Crippen LogP contribution in [0, 0.1) is 5.82 Å². The van der Waals surface area contributed by atoms with Gasteiger partial charge in [0.05, 0.1) is 5.69 Å². The number of nitrogens with zero attached hydrogens (tertiary/aromatic N) is 1. The molecule has 0 aliphatic carbocycles. The maximum Gasteiger partial charge on any atom is 0.258 e. The minimum atomic E-state index is -0.323. The first-order chi connectivity index (χ1) is 9.15. The monoisotopic (exact) mass is 256 g/mol. The number of amides is 1. The molecule has 19 heavy (non-hydrogen) atoms. The van der Waals surface area contributed by atoms with Crippen molar-refractivity contribution in [1.82, 2.24) is 0 Å². The molecular formula is C15H13FN2O. The van der Waals surface area contributed by atoms with Gasteiger partial charge in [0, 0.05) is 17.8 Å². The van der Waals surface area contributed by atoms with Crippen LogP contribution in [0.3, 0.4) is 0 Å². The van der Waals surface area contributed by atoms with Crippen LogP contribution in [-0.4, -0.2) is 12.5 Å². The number of anilines is 2. The van der Waals surface area contributed by atoms with Gasteiger partial charge in [-0.15, -0.1) is 0 Å². The molecule has 2 N–H and O–H groups in total. The molecule has 0 spiro atoms. The second kappa shape index (κ2) is 4.39. The number of rotatable bonds is 1. The molecule has 4 heteroatoms. The third-order valence-corrected chi connectivity index (χ3v) is 3.35. The molecule has 0 atom stereocenters. The first-order valence-electron chi connectivity index (χ1n) is 6.11. The fourth-order valence-electron chi connectivity index (χ4n) is 2.34. The Labute approximate surface area is 110 Å². The second-order valence-corrected chi connectivity index (χ2v) is 4.60. The van der Waals surface area contributed by atoms with E-state index >= 15 is 0 Å². The zero-order valence-corrected chi connectivity index (χ0v) is 10.3. The van der Waals surface area contributed by atoms with Gasteiger partial charge in [-0.2, -0.15) is 0 Å². The van der Waals surface area contributed by atoms with Crippen LogP contribution in [0.2, 0.25) is 0 Å². The highest BCUT2D eigenvalue weighted by Gasteiger charge is 2.25. The molecule has 1 amide bonds. The molecule has 0 fully saturated rings. The van der Waals surface area contributed by atoms with Crippen molar-refractivity contribution < 1.29 is 9.18 Å². The van der Waals surface area contributed by atoms with Crippen molar-refractivity contribution in [3.63, 3.8) is 0 Å². The van der Waals surface area contributed by atoms with E-state index in [1.165, 1.54) is 12.1 Å². The van der Waals surface area contributed by atoms with Crippen LogP contribution < -0.4 is 10.6 Å². The van der Waals surface area contributed by atoms with Crippen molar-refractivity contribution in [2.24, 2.45) is 0 Å². The Hall–Kier alpha value is -2.36. The van der Waals surface area contributed by atoms with Crippen molar-refractivity contribution in [3.8, 4) is 0 Å².